The highest BCUT2D eigenvalue weighted by Crippen LogP contribution is 2.33. The molecule has 4 N–H and O–H groups in total. The molecule has 3 aromatic carbocycles. The normalized spacial score (nSPS) is 13.8. The van der Waals surface area contributed by atoms with Gasteiger partial charge in [-0.3, -0.25) is 4.79 Å². The molecule has 1 saturated heterocycles. The molecule has 0 saturated carbocycles. The molecular weight excluding hydrogens is 556 g/mol. The first-order valence-electron chi connectivity index (χ1n) is 13.6. The van der Waals surface area contributed by atoms with Crippen molar-refractivity contribution in [3.8, 4) is 5.75 Å². The number of ether oxygens (including phenoxy) is 1. The van der Waals surface area contributed by atoms with E-state index in [4.69, 9.17) is 36.2 Å². The van der Waals surface area contributed by atoms with Gasteiger partial charge in [-0.25, -0.2) is 9.97 Å². The maximum absolute atomic E-state index is 13.1. The Kier molecular flexibility index (Phi) is 12.5. The van der Waals surface area contributed by atoms with Crippen molar-refractivity contribution < 1.29 is 19.4 Å². The van der Waals surface area contributed by atoms with E-state index in [0.29, 0.717) is 52.9 Å². The van der Waals surface area contributed by atoms with Crippen molar-refractivity contribution >= 4 is 58.3 Å². The molecule has 222 valence electrons. The number of carbonyl (C=O) groups is 2. The molecule has 2 heterocycles. The summed E-state index contributed by atoms with van der Waals surface area (Å²) in [6.45, 7) is 5.70. The average Bonchev–Trinajstić information content (AvgIpc) is 3.53. The molecular formula is C31H37ClN6O4. The summed E-state index contributed by atoms with van der Waals surface area (Å²) in [5, 5.41) is 18.3. The number of hydrogen-bond acceptors (Lipinski definition) is 9. The zero-order valence-corrected chi connectivity index (χ0v) is 24.8. The molecule has 10 nitrogen and oxygen atoms in total. The quantitative estimate of drug-likeness (QED) is 0.212. The van der Waals surface area contributed by atoms with Gasteiger partial charge in [0.2, 0.25) is 0 Å². The highest BCUT2D eigenvalue weighted by Gasteiger charge is 2.26. The molecule has 1 aliphatic rings. The largest absolute Gasteiger partial charge is 0.497 e. The monoisotopic (exact) mass is 592 g/mol. The van der Waals surface area contributed by atoms with Gasteiger partial charge in [0, 0.05) is 43.1 Å². The summed E-state index contributed by atoms with van der Waals surface area (Å²) in [6, 6.07) is 20.8. The Labute approximate surface area is 251 Å². The molecule has 1 aromatic heterocycles. The minimum absolute atomic E-state index is 0.0162. The Morgan fingerprint density at radius 3 is 2.31 bits per heavy atom. The summed E-state index contributed by atoms with van der Waals surface area (Å²) in [4.78, 5) is 32.6. The van der Waals surface area contributed by atoms with Crippen LogP contribution in [0.25, 0.3) is 11.0 Å². The van der Waals surface area contributed by atoms with Crippen molar-refractivity contribution in [1.29, 1.82) is 0 Å². The van der Waals surface area contributed by atoms with Gasteiger partial charge < -0.3 is 35.5 Å². The topological polar surface area (TPSA) is 129 Å². The van der Waals surface area contributed by atoms with E-state index in [1.807, 2.05) is 74.2 Å². The van der Waals surface area contributed by atoms with Crippen LogP contribution >= 0.6 is 11.6 Å². The molecule has 0 spiro atoms. The Bertz CT molecular complexity index is 1470. The molecule has 1 aliphatic heterocycles. The van der Waals surface area contributed by atoms with Gasteiger partial charge in [-0.1, -0.05) is 36.7 Å². The third-order valence-electron chi connectivity index (χ3n) is 6.48. The third-order valence-corrected chi connectivity index (χ3v) is 6.81. The minimum atomic E-state index is 0.0162. The fraction of sp³-hybridized carbons (Fsp3) is 0.290. The summed E-state index contributed by atoms with van der Waals surface area (Å²) in [5.41, 5.74) is 3.47. The maximum Gasteiger partial charge on any atom is 0.253 e. The zero-order chi connectivity index (χ0) is 30.5. The molecule has 1 amide bonds. The van der Waals surface area contributed by atoms with Crippen molar-refractivity contribution in [2.45, 2.75) is 25.8 Å². The smallest absolute Gasteiger partial charge is 0.253 e. The number of para-hydroxylation sites is 2. The molecule has 1 fully saturated rings. The van der Waals surface area contributed by atoms with Crippen molar-refractivity contribution in [1.82, 2.24) is 20.2 Å². The molecule has 0 bridgehead atoms. The SMILES string of the molecule is C=O.CCCO.CNC1CCN(C(=O)c2cccc(Nc3nc4ccccc4nc3Nc3cc(OC)ccc3Cl)c2)C1. The van der Waals surface area contributed by atoms with Gasteiger partial charge in [-0.2, -0.15) is 0 Å². The van der Waals surface area contributed by atoms with E-state index in [9.17, 15) is 4.79 Å². The van der Waals surface area contributed by atoms with E-state index < -0.39 is 0 Å². The highest BCUT2D eigenvalue weighted by molar-refractivity contribution is 6.33. The maximum atomic E-state index is 13.1. The first-order valence-corrected chi connectivity index (χ1v) is 13.9. The van der Waals surface area contributed by atoms with Crippen molar-refractivity contribution in [2.24, 2.45) is 0 Å². The second-order valence-electron chi connectivity index (χ2n) is 9.34. The van der Waals surface area contributed by atoms with Crippen molar-refractivity contribution in [3.05, 3.63) is 77.3 Å². The molecule has 42 heavy (non-hydrogen) atoms. The number of carbonyl (C=O) groups excluding carboxylic acids is 2. The number of aliphatic hydroxyl groups is 1. The second-order valence-corrected chi connectivity index (χ2v) is 9.74. The van der Waals surface area contributed by atoms with Crippen LogP contribution in [0.4, 0.5) is 23.0 Å². The Balaban J connectivity index is 0.000000745. The molecule has 0 aliphatic carbocycles. The Morgan fingerprint density at radius 1 is 1.05 bits per heavy atom. The van der Waals surface area contributed by atoms with Crippen LogP contribution in [-0.2, 0) is 4.79 Å². The Hall–Kier alpha value is -4.25. The summed E-state index contributed by atoms with van der Waals surface area (Å²) >= 11 is 6.44. The second kappa shape index (κ2) is 16.3. The van der Waals surface area contributed by atoms with Crippen molar-refractivity contribution in [3.63, 3.8) is 0 Å². The minimum Gasteiger partial charge on any atom is -0.497 e. The van der Waals surface area contributed by atoms with Gasteiger partial charge in [0.25, 0.3) is 5.91 Å². The number of benzene rings is 3. The van der Waals surface area contributed by atoms with Crippen LogP contribution < -0.4 is 20.7 Å². The lowest BCUT2D eigenvalue weighted by molar-refractivity contribution is -0.0980. The van der Waals surface area contributed by atoms with Gasteiger partial charge >= 0.3 is 0 Å². The number of nitrogens with zero attached hydrogens (tertiary/aromatic N) is 3. The number of amides is 1. The first-order chi connectivity index (χ1) is 20.4. The van der Waals surface area contributed by atoms with E-state index >= 15 is 0 Å². The first kappa shape index (κ1) is 32.3. The Morgan fingerprint density at radius 2 is 1.71 bits per heavy atom. The van der Waals surface area contributed by atoms with Crippen LogP contribution in [0.15, 0.2) is 66.7 Å². The summed E-state index contributed by atoms with van der Waals surface area (Å²) in [6.07, 6.45) is 1.83. The van der Waals surface area contributed by atoms with Crippen LogP contribution in [0.2, 0.25) is 5.02 Å². The average molecular weight is 593 g/mol. The molecule has 0 radical (unpaired) electrons. The van der Waals surface area contributed by atoms with Crippen LogP contribution in [0.5, 0.6) is 5.75 Å². The number of aliphatic hydroxyl groups excluding tert-OH is 1. The number of rotatable bonds is 8. The van der Waals surface area contributed by atoms with Gasteiger partial charge in [-0.15, -0.1) is 0 Å². The van der Waals surface area contributed by atoms with E-state index in [1.54, 1.807) is 25.3 Å². The number of hydrogen-bond donors (Lipinski definition) is 4. The number of fused-ring (bicyclic) bond motifs is 1. The molecule has 1 unspecified atom stereocenters. The van der Waals surface area contributed by atoms with E-state index in [1.165, 1.54) is 0 Å². The van der Waals surface area contributed by atoms with Gasteiger partial charge in [0.15, 0.2) is 11.6 Å². The van der Waals surface area contributed by atoms with Crippen molar-refractivity contribution in [2.75, 3.05) is 44.5 Å². The van der Waals surface area contributed by atoms with Crippen LogP contribution in [0, 0.1) is 0 Å². The summed E-state index contributed by atoms with van der Waals surface area (Å²) < 4.78 is 5.35. The number of likely N-dealkylation sites (N-methyl/N-ethyl adjacent to an activating group) is 1. The van der Waals surface area contributed by atoms with Crippen LogP contribution in [0.1, 0.15) is 30.1 Å². The van der Waals surface area contributed by atoms with E-state index in [2.05, 4.69) is 16.0 Å². The third kappa shape index (κ3) is 8.39. The lowest BCUT2D eigenvalue weighted by Gasteiger charge is -2.18. The predicted molar refractivity (Wildman–Crippen MR) is 168 cm³/mol. The molecule has 4 aromatic rings. The van der Waals surface area contributed by atoms with Gasteiger partial charge in [0.1, 0.15) is 12.5 Å². The fourth-order valence-corrected chi connectivity index (χ4v) is 4.42. The fourth-order valence-electron chi connectivity index (χ4n) is 4.26. The number of methoxy groups -OCH3 is 1. The van der Waals surface area contributed by atoms with Gasteiger partial charge in [0.05, 0.1) is 28.9 Å². The highest BCUT2D eigenvalue weighted by atomic mass is 35.5. The summed E-state index contributed by atoms with van der Waals surface area (Å²) in [5.74, 6) is 1.69. The number of anilines is 4. The van der Waals surface area contributed by atoms with Crippen LogP contribution in [0.3, 0.4) is 0 Å². The molecule has 11 heteroatoms. The number of aromatic nitrogens is 2. The predicted octanol–water partition coefficient (Wildman–Crippen LogP) is 5.42. The van der Waals surface area contributed by atoms with Crippen LogP contribution in [-0.4, -0.2) is 72.6 Å². The molecule has 1 atom stereocenters. The zero-order valence-electron chi connectivity index (χ0n) is 24.1. The summed E-state index contributed by atoms with van der Waals surface area (Å²) in [7, 11) is 3.53. The number of likely N-dealkylation sites (tertiary alicyclic amines) is 1. The van der Waals surface area contributed by atoms with E-state index in [0.717, 1.165) is 36.1 Å². The van der Waals surface area contributed by atoms with E-state index in [-0.39, 0.29) is 5.91 Å². The standard InChI is InChI=1S/C27H27ClN6O2.C3H8O.CH2O/c1-29-19-12-13-34(16-19)27(35)17-6-5-7-18(14-17)30-25-26(32-23-9-4-3-8-22(23)31-25)33-24-15-20(36-2)10-11-21(24)28;1-2-3-4;1-2/h3-11,14-15,19,29H,12-13,16H2,1-2H3,(H,30,31)(H,32,33);4H,2-3H2,1H3;1H2. The number of nitrogens with one attached hydrogen (secondary N) is 3. The number of halogens is 1. The lowest BCUT2D eigenvalue weighted by atomic mass is 10.1. The van der Waals surface area contributed by atoms with Gasteiger partial charge in [-0.05, 0) is 62.4 Å². The lowest BCUT2D eigenvalue weighted by Crippen LogP contribution is -2.33. The molecule has 5 rings (SSSR count).